The average Bonchev–Trinajstić information content (AvgIpc) is 2.23. The smallest absolute Gasteiger partial charge is 0.119 e. The summed E-state index contributed by atoms with van der Waals surface area (Å²) in [4.78, 5) is 0. The molecule has 0 amide bonds. The average molecular weight is 193 g/mol. The zero-order valence-electron chi connectivity index (χ0n) is 8.23. The molecule has 1 aliphatic rings. The van der Waals surface area contributed by atoms with Crippen LogP contribution in [0.5, 0.6) is 5.75 Å². The van der Waals surface area contributed by atoms with E-state index in [1.165, 1.54) is 5.56 Å². The Hall–Kier alpha value is -1.06. The second kappa shape index (κ2) is 3.59. The summed E-state index contributed by atoms with van der Waals surface area (Å²) in [5.41, 5.74) is 7.89. The van der Waals surface area contributed by atoms with E-state index in [4.69, 9.17) is 10.5 Å². The first-order valence-corrected chi connectivity index (χ1v) is 4.83. The Labute approximate surface area is 83.5 Å². The number of nitrogens with two attached hydrogens (primary N) is 1. The molecule has 1 aromatic rings. The highest BCUT2D eigenvalue weighted by Crippen LogP contribution is 2.31. The molecule has 1 aliphatic carbocycles. The molecule has 0 saturated heterocycles. The maximum atomic E-state index is 9.87. The van der Waals surface area contributed by atoms with Crippen molar-refractivity contribution in [3.05, 3.63) is 29.3 Å². The molecule has 0 aliphatic heterocycles. The van der Waals surface area contributed by atoms with Crippen molar-refractivity contribution in [2.24, 2.45) is 5.73 Å². The van der Waals surface area contributed by atoms with E-state index in [1.54, 1.807) is 7.11 Å². The van der Waals surface area contributed by atoms with E-state index < -0.39 is 6.10 Å². The Kier molecular flexibility index (Phi) is 2.44. The summed E-state index contributed by atoms with van der Waals surface area (Å²) < 4.78 is 5.11. The van der Waals surface area contributed by atoms with Gasteiger partial charge in [-0.25, -0.2) is 0 Å². The summed E-state index contributed by atoms with van der Waals surface area (Å²) in [6.45, 7) is 0. The van der Waals surface area contributed by atoms with Crippen LogP contribution in [0.15, 0.2) is 18.2 Å². The first kappa shape index (κ1) is 9.49. The summed E-state index contributed by atoms with van der Waals surface area (Å²) in [7, 11) is 1.62. The number of hydrogen-bond acceptors (Lipinski definition) is 3. The van der Waals surface area contributed by atoms with Crippen molar-refractivity contribution in [3.63, 3.8) is 0 Å². The fourth-order valence-electron chi connectivity index (χ4n) is 1.91. The Balaban J connectivity index is 2.41. The molecule has 0 aromatic heterocycles. The molecule has 0 spiro atoms. The molecule has 0 heterocycles. The fourth-order valence-corrected chi connectivity index (χ4v) is 1.91. The maximum Gasteiger partial charge on any atom is 0.119 e. The highest BCUT2D eigenvalue weighted by molar-refractivity contribution is 5.39. The van der Waals surface area contributed by atoms with Crippen LogP contribution < -0.4 is 10.5 Å². The van der Waals surface area contributed by atoms with Gasteiger partial charge in [-0.05, 0) is 36.1 Å². The third kappa shape index (κ3) is 1.49. The molecule has 3 heteroatoms. The third-order valence-electron chi connectivity index (χ3n) is 2.82. The number of methoxy groups -OCH3 is 1. The minimum Gasteiger partial charge on any atom is -0.497 e. The van der Waals surface area contributed by atoms with Crippen molar-refractivity contribution in [1.29, 1.82) is 0 Å². The zero-order valence-corrected chi connectivity index (χ0v) is 8.23. The van der Waals surface area contributed by atoms with Crippen molar-refractivity contribution in [1.82, 2.24) is 0 Å². The Morgan fingerprint density at radius 2 is 2.29 bits per heavy atom. The number of benzene rings is 1. The molecule has 76 valence electrons. The Morgan fingerprint density at radius 1 is 1.50 bits per heavy atom. The predicted octanol–water partition coefficient (Wildman–Crippen LogP) is 1.00. The quantitative estimate of drug-likeness (QED) is 0.699. The second-order valence-corrected chi connectivity index (χ2v) is 3.71. The molecular formula is C11H15NO2. The predicted molar refractivity (Wildman–Crippen MR) is 54.3 cm³/mol. The number of aliphatic hydroxyl groups excluding tert-OH is 1. The minimum atomic E-state index is -0.547. The Bertz CT molecular complexity index is 338. The lowest BCUT2D eigenvalue weighted by atomic mass is 9.86. The lowest BCUT2D eigenvalue weighted by Crippen LogP contribution is -2.32. The molecule has 0 radical (unpaired) electrons. The molecule has 1 aromatic carbocycles. The van der Waals surface area contributed by atoms with E-state index in [2.05, 4.69) is 0 Å². The van der Waals surface area contributed by atoms with Gasteiger partial charge in [0.25, 0.3) is 0 Å². The van der Waals surface area contributed by atoms with Gasteiger partial charge in [0, 0.05) is 6.04 Å². The van der Waals surface area contributed by atoms with Crippen LogP contribution in [0, 0.1) is 0 Å². The van der Waals surface area contributed by atoms with Gasteiger partial charge in [0.05, 0.1) is 13.2 Å². The number of fused-ring (bicyclic) bond motifs is 1. The van der Waals surface area contributed by atoms with Crippen LogP contribution in [0.25, 0.3) is 0 Å². The molecule has 2 atom stereocenters. The number of rotatable bonds is 1. The maximum absolute atomic E-state index is 9.87. The van der Waals surface area contributed by atoms with E-state index in [0.717, 1.165) is 24.2 Å². The van der Waals surface area contributed by atoms with Crippen LogP contribution in [0.4, 0.5) is 0 Å². The van der Waals surface area contributed by atoms with Crippen molar-refractivity contribution in [3.8, 4) is 5.75 Å². The van der Waals surface area contributed by atoms with Crippen molar-refractivity contribution in [2.75, 3.05) is 7.11 Å². The molecule has 3 nitrogen and oxygen atoms in total. The first-order chi connectivity index (χ1) is 6.72. The summed E-state index contributed by atoms with van der Waals surface area (Å²) in [5, 5.41) is 9.87. The number of ether oxygens (including phenoxy) is 1. The molecule has 0 bridgehead atoms. The van der Waals surface area contributed by atoms with Gasteiger partial charge in [-0.3, -0.25) is 0 Å². The van der Waals surface area contributed by atoms with Gasteiger partial charge in [0.1, 0.15) is 5.75 Å². The standard InChI is InChI=1S/C11H15NO2/c1-14-8-4-2-7-3-5-10(12)11(13)9(7)6-8/h2,4,6,10-11,13H,3,5,12H2,1H3/t10-,11-/m1/s1. The summed E-state index contributed by atoms with van der Waals surface area (Å²) >= 11 is 0. The molecule has 2 rings (SSSR count). The zero-order chi connectivity index (χ0) is 10.1. The highest BCUT2D eigenvalue weighted by atomic mass is 16.5. The molecule has 0 fully saturated rings. The van der Waals surface area contributed by atoms with Gasteiger partial charge in [0.2, 0.25) is 0 Å². The van der Waals surface area contributed by atoms with Gasteiger partial charge in [0.15, 0.2) is 0 Å². The van der Waals surface area contributed by atoms with E-state index >= 15 is 0 Å². The van der Waals surface area contributed by atoms with Crippen LogP contribution in [0.1, 0.15) is 23.7 Å². The van der Waals surface area contributed by atoms with Crippen molar-refractivity contribution < 1.29 is 9.84 Å². The summed E-state index contributed by atoms with van der Waals surface area (Å²) in [6, 6.07) is 5.65. The van der Waals surface area contributed by atoms with Gasteiger partial charge < -0.3 is 15.6 Å². The number of aryl methyl sites for hydroxylation is 1. The highest BCUT2D eigenvalue weighted by Gasteiger charge is 2.25. The molecule has 3 N–H and O–H groups in total. The SMILES string of the molecule is COc1ccc2c(c1)[C@@H](O)[C@H](N)CC2. The van der Waals surface area contributed by atoms with Gasteiger partial charge >= 0.3 is 0 Å². The molecular weight excluding hydrogens is 178 g/mol. The van der Waals surface area contributed by atoms with E-state index in [9.17, 15) is 5.11 Å². The monoisotopic (exact) mass is 193 g/mol. The number of aliphatic hydroxyl groups is 1. The van der Waals surface area contributed by atoms with Gasteiger partial charge in [-0.1, -0.05) is 6.07 Å². The molecule has 14 heavy (non-hydrogen) atoms. The van der Waals surface area contributed by atoms with Gasteiger partial charge in [-0.2, -0.15) is 0 Å². The fraction of sp³-hybridized carbons (Fsp3) is 0.455. The molecule has 0 saturated carbocycles. The van der Waals surface area contributed by atoms with E-state index in [0.29, 0.717) is 0 Å². The topological polar surface area (TPSA) is 55.5 Å². The van der Waals surface area contributed by atoms with Crippen LogP contribution in [-0.4, -0.2) is 18.3 Å². The van der Waals surface area contributed by atoms with Crippen molar-refractivity contribution >= 4 is 0 Å². The van der Waals surface area contributed by atoms with Gasteiger partial charge in [-0.15, -0.1) is 0 Å². The van der Waals surface area contributed by atoms with E-state index in [-0.39, 0.29) is 6.04 Å². The molecule has 0 unspecified atom stereocenters. The summed E-state index contributed by atoms with van der Waals surface area (Å²) in [5.74, 6) is 0.775. The van der Waals surface area contributed by atoms with Crippen LogP contribution in [-0.2, 0) is 6.42 Å². The van der Waals surface area contributed by atoms with Crippen LogP contribution in [0.3, 0.4) is 0 Å². The van der Waals surface area contributed by atoms with Crippen LogP contribution >= 0.6 is 0 Å². The Morgan fingerprint density at radius 3 is 3.00 bits per heavy atom. The van der Waals surface area contributed by atoms with Crippen molar-refractivity contribution in [2.45, 2.75) is 25.0 Å². The second-order valence-electron chi connectivity index (χ2n) is 3.71. The summed E-state index contributed by atoms with van der Waals surface area (Å²) in [6.07, 6.45) is 1.24. The number of hydrogen-bond donors (Lipinski definition) is 2. The van der Waals surface area contributed by atoms with E-state index in [1.807, 2.05) is 18.2 Å². The van der Waals surface area contributed by atoms with Crippen LogP contribution in [0.2, 0.25) is 0 Å². The minimum absolute atomic E-state index is 0.144. The lowest BCUT2D eigenvalue weighted by molar-refractivity contribution is 0.133. The third-order valence-corrected chi connectivity index (χ3v) is 2.82. The normalized spacial score (nSPS) is 25.6. The lowest BCUT2D eigenvalue weighted by Gasteiger charge is -2.27. The largest absolute Gasteiger partial charge is 0.497 e. The first-order valence-electron chi connectivity index (χ1n) is 4.83.